The highest BCUT2D eigenvalue weighted by Crippen LogP contribution is 2.66. The van der Waals surface area contributed by atoms with Crippen molar-refractivity contribution in [3.05, 3.63) is 57.6 Å². The molecule has 0 radical (unpaired) electrons. The van der Waals surface area contributed by atoms with E-state index in [4.69, 9.17) is 32.7 Å². The van der Waals surface area contributed by atoms with Gasteiger partial charge in [0.05, 0.1) is 12.8 Å². The number of nitrogens with zero attached hydrogens (tertiary/aromatic N) is 1. The van der Waals surface area contributed by atoms with Gasteiger partial charge in [-0.25, -0.2) is 5.43 Å². The van der Waals surface area contributed by atoms with Crippen molar-refractivity contribution < 1.29 is 14.3 Å². The molecule has 2 aromatic rings. The average molecular weight is 475 g/mol. The molecule has 2 fully saturated rings. The Kier molecular flexibility index (Phi) is 6.96. The Labute approximate surface area is 199 Å². The molecule has 0 aromatic heterocycles. The van der Waals surface area contributed by atoms with Gasteiger partial charge in [0, 0.05) is 21.5 Å². The predicted octanol–water partition coefficient (Wildman–Crippen LogP) is 6.25. The average Bonchev–Trinajstić information content (AvgIpc) is 3.40. The third kappa shape index (κ3) is 4.89. The van der Waals surface area contributed by atoms with E-state index in [0.717, 1.165) is 24.0 Å². The second kappa shape index (κ2) is 9.72. The molecule has 2 saturated carbocycles. The predicted molar refractivity (Wildman–Crippen MR) is 128 cm³/mol. The number of carbonyl (C=O) groups is 1. The highest BCUT2D eigenvalue weighted by Gasteiger charge is 2.64. The van der Waals surface area contributed by atoms with Crippen LogP contribution in [-0.2, 0) is 11.4 Å². The van der Waals surface area contributed by atoms with E-state index in [9.17, 15) is 4.79 Å². The topological polar surface area (TPSA) is 59.9 Å². The van der Waals surface area contributed by atoms with E-state index in [-0.39, 0.29) is 17.2 Å². The Balaban J connectivity index is 1.38. The summed E-state index contributed by atoms with van der Waals surface area (Å²) in [6.07, 6.45) is 6.37. The first-order valence-corrected chi connectivity index (χ1v) is 11.8. The summed E-state index contributed by atoms with van der Waals surface area (Å²) in [7, 11) is 0. The van der Waals surface area contributed by atoms with Crippen LogP contribution in [0.3, 0.4) is 0 Å². The summed E-state index contributed by atoms with van der Waals surface area (Å²) in [6, 6.07) is 10.8. The molecule has 1 amide bonds. The standard InChI is InChI=1S/C25H28Cl2N2O3/c1-3-31-22-12-16(7-10-21(22)32-15-17-8-9-18(26)13-20(17)27)14-28-29-24(30)23-19-6-4-5-11-25(19,23)2/h7-10,12-14,19,23H,3-6,11,15H2,1-2H3,(H,29,30)/b28-14-/t19-,23+,25-/m0/s1. The lowest BCUT2D eigenvalue weighted by Crippen LogP contribution is -2.22. The summed E-state index contributed by atoms with van der Waals surface area (Å²) in [5.74, 6) is 1.85. The van der Waals surface area contributed by atoms with Crippen LogP contribution in [0.1, 0.15) is 50.7 Å². The summed E-state index contributed by atoms with van der Waals surface area (Å²) in [5, 5.41) is 5.32. The molecule has 3 atom stereocenters. The molecular formula is C25H28Cl2N2O3. The molecule has 2 aliphatic carbocycles. The van der Waals surface area contributed by atoms with Gasteiger partial charge in [-0.2, -0.15) is 5.10 Å². The molecule has 0 aliphatic heterocycles. The minimum absolute atomic E-state index is 0.0282. The molecule has 0 bridgehead atoms. The lowest BCUT2D eigenvalue weighted by Gasteiger charge is -2.15. The van der Waals surface area contributed by atoms with Crippen molar-refractivity contribution in [1.29, 1.82) is 0 Å². The zero-order valence-corrected chi connectivity index (χ0v) is 19.9. The van der Waals surface area contributed by atoms with Crippen LogP contribution in [0, 0.1) is 17.3 Å². The number of hydrazone groups is 1. The largest absolute Gasteiger partial charge is 0.490 e. The van der Waals surface area contributed by atoms with Crippen LogP contribution < -0.4 is 14.9 Å². The number of halogens is 2. The van der Waals surface area contributed by atoms with Crippen molar-refractivity contribution in [2.24, 2.45) is 22.4 Å². The van der Waals surface area contributed by atoms with Gasteiger partial charge >= 0.3 is 0 Å². The summed E-state index contributed by atoms with van der Waals surface area (Å²) in [5.41, 5.74) is 4.55. The Hall–Kier alpha value is -2.24. The second-order valence-electron chi connectivity index (χ2n) is 8.73. The summed E-state index contributed by atoms with van der Waals surface area (Å²) in [4.78, 5) is 12.6. The Morgan fingerprint density at radius 1 is 1.19 bits per heavy atom. The van der Waals surface area contributed by atoms with Crippen molar-refractivity contribution in [2.45, 2.75) is 46.1 Å². The molecule has 0 spiro atoms. The maximum atomic E-state index is 12.6. The van der Waals surface area contributed by atoms with Gasteiger partial charge in [0.2, 0.25) is 5.91 Å². The molecule has 4 rings (SSSR count). The summed E-state index contributed by atoms with van der Waals surface area (Å²) >= 11 is 12.2. The Morgan fingerprint density at radius 3 is 2.75 bits per heavy atom. The molecule has 7 heteroatoms. The third-order valence-electron chi connectivity index (χ3n) is 6.67. The molecule has 0 saturated heterocycles. The summed E-state index contributed by atoms with van der Waals surface area (Å²) < 4.78 is 11.7. The SMILES string of the molecule is CCOc1cc(/C=N\NC(=O)[C@H]2[C@@H]3CCCC[C@@]32C)ccc1OCc1ccc(Cl)cc1Cl. The number of amides is 1. The zero-order valence-electron chi connectivity index (χ0n) is 18.4. The molecule has 1 N–H and O–H groups in total. The maximum Gasteiger partial charge on any atom is 0.244 e. The van der Waals surface area contributed by atoms with Crippen LogP contribution in [0.5, 0.6) is 11.5 Å². The fraction of sp³-hybridized carbons (Fsp3) is 0.440. The number of ether oxygens (including phenoxy) is 2. The first kappa shape index (κ1) is 22.9. The van der Waals surface area contributed by atoms with Crippen molar-refractivity contribution >= 4 is 35.3 Å². The summed E-state index contributed by atoms with van der Waals surface area (Å²) in [6.45, 7) is 4.93. The van der Waals surface area contributed by atoms with Gasteiger partial charge in [-0.3, -0.25) is 4.79 Å². The normalized spacial score (nSPS) is 24.1. The third-order valence-corrected chi connectivity index (χ3v) is 7.26. The van der Waals surface area contributed by atoms with Gasteiger partial charge in [-0.15, -0.1) is 0 Å². The van der Waals surface area contributed by atoms with Crippen LogP contribution in [-0.4, -0.2) is 18.7 Å². The molecule has 5 nitrogen and oxygen atoms in total. The maximum absolute atomic E-state index is 12.6. The lowest BCUT2D eigenvalue weighted by atomic mass is 9.90. The second-order valence-corrected chi connectivity index (χ2v) is 9.58. The first-order chi connectivity index (χ1) is 15.4. The minimum atomic E-state index is 0.0282. The molecule has 2 aliphatic rings. The molecule has 32 heavy (non-hydrogen) atoms. The molecular weight excluding hydrogens is 447 g/mol. The fourth-order valence-electron chi connectivity index (χ4n) is 4.88. The lowest BCUT2D eigenvalue weighted by molar-refractivity contribution is -0.123. The number of carbonyl (C=O) groups excluding carboxylic acids is 1. The van der Waals surface area contributed by atoms with Gasteiger partial charge in [0.1, 0.15) is 6.61 Å². The van der Waals surface area contributed by atoms with Crippen LogP contribution in [0.25, 0.3) is 0 Å². The van der Waals surface area contributed by atoms with Crippen LogP contribution >= 0.6 is 23.2 Å². The minimum Gasteiger partial charge on any atom is -0.490 e. The highest BCUT2D eigenvalue weighted by atomic mass is 35.5. The molecule has 170 valence electrons. The zero-order chi connectivity index (χ0) is 22.7. The van der Waals surface area contributed by atoms with Crippen LogP contribution in [0.15, 0.2) is 41.5 Å². The van der Waals surface area contributed by atoms with E-state index in [1.165, 1.54) is 12.8 Å². The number of fused-ring (bicyclic) bond motifs is 1. The van der Waals surface area contributed by atoms with Crippen LogP contribution in [0.2, 0.25) is 10.0 Å². The van der Waals surface area contributed by atoms with E-state index in [2.05, 4.69) is 17.5 Å². The van der Waals surface area contributed by atoms with E-state index in [0.29, 0.717) is 40.7 Å². The van der Waals surface area contributed by atoms with Crippen molar-refractivity contribution in [3.63, 3.8) is 0 Å². The smallest absolute Gasteiger partial charge is 0.244 e. The fourth-order valence-corrected chi connectivity index (χ4v) is 5.34. The van der Waals surface area contributed by atoms with E-state index >= 15 is 0 Å². The van der Waals surface area contributed by atoms with Gasteiger partial charge in [-0.1, -0.05) is 49.0 Å². The van der Waals surface area contributed by atoms with Crippen molar-refractivity contribution in [1.82, 2.24) is 5.43 Å². The Bertz CT molecular complexity index is 1030. The quantitative estimate of drug-likeness (QED) is 0.363. The van der Waals surface area contributed by atoms with Crippen molar-refractivity contribution in [2.75, 3.05) is 6.61 Å². The number of nitrogens with one attached hydrogen (secondary N) is 1. The van der Waals surface area contributed by atoms with Gasteiger partial charge in [0.25, 0.3) is 0 Å². The Morgan fingerprint density at radius 2 is 2.03 bits per heavy atom. The first-order valence-electron chi connectivity index (χ1n) is 11.1. The highest BCUT2D eigenvalue weighted by molar-refractivity contribution is 6.35. The van der Waals surface area contributed by atoms with Crippen LogP contribution in [0.4, 0.5) is 0 Å². The molecule has 0 unspecified atom stereocenters. The molecule has 0 heterocycles. The van der Waals surface area contributed by atoms with Crippen molar-refractivity contribution in [3.8, 4) is 11.5 Å². The number of hydrogen-bond donors (Lipinski definition) is 1. The van der Waals surface area contributed by atoms with Gasteiger partial charge in [-0.05, 0) is 67.0 Å². The van der Waals surface area contributed by atoms with Gasteiger partial charge in [0.15, 0.2) is 11.5 Å². The number of benzene rings is 2. The van der Waals surface area contributed by atoms with Gasteiger partial charge < -0.3 is 9.47 Å². The number of hydrogen-bond acceptors (Lipinski definition) is 4. The van der Waals surface area contributed by atoms with E-state index in [1.54, 1.807) is 18.3 Å². The molecule has 2 aromatic carbocycles. The van der Waals surface area contributed by atoms with E-state index in [1.807, 2.05) is 31.2 Å². The van der Waals surface area contributed by atoms with E-state index < -0.39 is 0 Å². The number of rotatable bonds is 8. The monoisotopic (exact) mass is 474 g/mol.